The van der Waals surface area contributed by atoms with E-state index >= 15 is 0 Å². The zero-order chi connectivity index (χ0) is 20.8. The van der Waals surface area contributed by atoms with Crippen LogP contribution < -0.4 is 10.6 Å². The molecule has 0 saturated carbocycles. The highest BCUT2D eigenvalue weighted by atomic mass is 15.2. The number of rotatable bonds is 8. The maximum absolute atomic E-state index is 4.33. The van der Waals surface area contributed by atoms with Gasteiger partial charge in [-0.2, -0.15) is 0 Å². The molecule has 3 heterocycles. The average Bonchev–Trinajstić information content (AvgIpc) is 3.39. The summed E-state index contributed by atoms with van der Waals surface area (Å²) in [6.07, 6.45) is 7.94. The summed E-state index contributed by atoms with van der Waals surface area (Å²) >= 11 is 0. The van der Waals surface area contributed by atoms with E-state index in [1.54, 1.807) is 7.05 Å². The van der Waals surface area contributed by atoms with E-state index in [2.05, 4.69) is 62.1 Å². The summed E-state index contributed by atoms with van der Waals surface area (Å²) in [6, 6.07) is 12.5. The van der Waals surface area contributed by atoms with Crippen LogP contribution in [0.3, 0.4) is 0 Å². The van der Waals surface area contributed by atoms with Crippen LogP contribution in [0.15, 0.2) is 53.8 Å². The van der Waals surface area contributed by atoms with Crippen LogP contribution in [0.25, 0.3) is 16.6 Å². The normalized spacial score (nSPS) is 12.0. The molecule has 30 heavy (non-hydrogen) atoms. The Morgan fingerprint density at radius 1 is 1.03 bits per heavy atom. The first-order chi connectivity index (χ1) is 14.8. The molecular formula is C23H29N7. The molecule has 156 valence electrons. The lowest BCUT2D eigenvalue weighted by atomic mass is 10.1. The molecule has 0 aliphatic heterocycles. The van der Waals surface area contributed by atoms with Crippen molar-refractivity contribution in [2.75, 3.05) is 20.1 Å². The molecule has 3 N–H and O–H groups in total. The molecule has 0 fully saturated rings. The zero-order valence-electron chi connectivity index (χ0n) is 17.7. The van der Waals surface area contributed by atoms with Gasteiger partial charge in [-0.3, -0.25) is 9.39 Å². The summed E-state index contributed by atoms with van der Waals surface area (Å²) in [7, 11) is 1.81. The fraction of sp³-hybridized carbons (Fsp3) is 0.348. The van der Waals surface area contributed by atoms with Crippen LogP contribution in [0.1, 0.15) is 30.3 Å². The van der Waals surface area contributed by atoms with Gasteiger partial charge in [0.1, 0.15) is 5.82 Å². The molecule has 0 spiro atoms. The fourth-order valence-corrected chi connectivity index (χ4v) is 3.83. The molecule has 3 aromatic heterocycles. The van der Waals surface area contributed by atoms with E-state index in [1.807, 2.05) is 28.8 Å². The van der Waals surface area contributed by atoms with E-state index in [0.29, 0.717) is 0 Å². The third-order valence-corrected chi connectivity index (χ3v) is 5.43. The molecule has 7 heteroatoms. The second kappa shape index (κ2) is 9.43. The van der Waals surface area contributed by atoms with Gasteiger partial charge in [-0.1, -0.05) is 31.2 Å². The number of para-hydroxylation sites is 1. The maximum Gasteiger partial charge on any atom is 0.190 e. The number of benzene rings is 1. The Morgan fingerprint density at radius 3 is 2.80 bits per heavy atom. The van der Waals surface area contributed by atoms with Crippen LogP contribution in [0.4, 0.5) is 0 Å². The van der Waals surface area contributed by atoms with Gasteiger partial charge in [-0.25, -0.2) is 0 Å². The number of aliphatic imine (C=N–C) groups is 1. The topological polar surface area (TPSA) is 82.4 Å². The van der Waals surface area contributed by atoms with Gasteiger partial charge in [-0.05, 0) is 42.5 Å². The molecular weight excluding hydrogens is 374 g/mol. The SMILES string of the molecule is CCc1cccc2c(CCNC(=NC)NCCCc3nnc4ccccn34)c[nH]c12. The highest BCUT2D eigenvalue weighted by Gasteiger charge is 2.07. The molecule has 4 rings (SSSR count). The minimum atomic E-state index is 0.828. The van der Waals surface area contributed by atoms with Crippen molar-refractivity contribution < 1.29 is 0 Å². The van der Waals surface area contributed by atoms with Crippen molar-refractivity contribution in [1.82, 2.24) is 30.2 Å². The number of fused-ring (bicyclic) bond motifs is 2. The summed E-state index contributed by atoms with van der Waals surface area (Å²) in [6.45, 7) is 3.85. The Balaban J connectivity index is 1.24. The molecule has 0 aliphatic carbocycles. The number of aromatic nitrogens is 4. The van der Waals surface area contributed by atoms with Crippen LogP contribution in [0.5, 0.6) is 0 Å². The van der Waals surface area contributed by atoms with Gasteiger partial charge in [0.25, 0.3) is 0 Å². The van der Waals surface area contributed by atoms with Crippen LogP contribution >= 0.6 is 0 Å². The highest BCUT2D eigenvalue weighted by Crippen LogP contribution is 2.22. The number of H-pyrrole nitrogens is 1. The van der Waals surface area contributed by atoms with Gasteiger partial charge < -0.3 is 15.6 Å². The van der Waals surface area contributed by atoms with Gasteiger partial charge in [0.15, 0.2) is 11.6 Å². The number of nitrogens with one attached hydrogen (secondary N) is 3. The Kier molecular flexibility index (Phi) is 6.27. The molecule has 0 bridgehead atoms. The van der Waals surface area contributed by atoms with Crippen molar-refractivity contribution in [3.8, 4) is 0 Å². The quantitative estimate of drug-likeness (QED) is 0.240. The highest BCUT2D eigenvalue weighted by molar-refractivity contribution is 5.86. The summed E-state index contributed by atoms with van der Waals surface area (Å²) in [5.74, 6) is 1.82. The molecule has 7 nitrogen and oxygen atoms in total. The largest absolute Gasteiger partial charge is 0.361 e. The number of aryl methyl sites for hydroxylation is 2. The van der Waals surface area contributed by atoms with E-state index in [0.717, 1.165) is 56.2 Å². The monoisotopic (exact) mass is 403 g/mol. The number of aromatic amines is 1. The number of pyridine rings is 1. The van der Waals surface area contributed by atoms with Gasteiger partial charge >= 0.3 is 0 Å². The van der Waals surface area contributed by atoms with E-state index in [-0.39, 0.29) is 0 Å². The molecule has 0 unspecified atom stereocenters. The molecule has 0 atom stereocenters. The lowest BCUT2D eigenvalue weighted by Gasteiger charge is -2.11. The van der Waals surface area contributed by atoms with E-state index in [9.17, 15) is 0 Å². The number of nitrogens with zero attached hydrogens (tertiary/aromatic N) is 4. The summed E-state index contributed by atoms with van der Waals surface area (Å²) in [5, 5.41) is 16.6. The Bertz CT molecular complexity index is 1140. The minimum absolute atomic E-state index is 0.828. The number of guanidine groups is 1. The Morgan fingerprint density at radius 2 is 1.93 bits per heavy atom. The van der Waals surface area contributed by atoms with Gasteiger partial charge in [-0.15, -0.1) is 10.2 Å². The summed E-state index contributed by atoms with van der Waals surface area (Å²) < 4.78 is 2.04. The lowest BCUT2D eigenvalue weighted by Crippen LogP contribution is -2.38. The first-order valence-electron chi connectivity index (χ1n) is 10.6. The van der Waals surface area contributed by atoms with E-state index < -0.39 is 0 Å². The van der Waals surface area contributed by atoms with Crippen molar-refractivity contribution >= 4 is 22.5 Å². The number of hydrogen-bond acceptors (Lipinski definition) is 3. The lowest BCUT2D eigenvalue weighted by molar-refractivity contribution is 0.713. The maximum atomic E-state index is 4.33. The van der Waals surface area contributed by atoms with E-state index in [4.69, 9.17) is 0 Å². The van der Waals surface area contributed by atoms with Crippen molar-refractivity contribution in [3.63, 3.8) is 0 Å². The summed E-state index contributed by atoms with van der Waals surface area (Å²) in [4.78, 5) is 7.78. The van der Waals surface area contributed by atoms with Gasteiger partial charge in [0.2, 0.25) is 0 Å². The second-order valence-corrected chi connectivity index (χ2v) is 7.33. The van der Waals surface area contributed by atoms with Crippen LogP contribution in [-0.4, -0.2) is 45.7 Å². The molecule has 0 saturated heterocycles. The third-order valence-electron chi connectivity index (χ3n) is 5.43. The Hall–Kier alpha value is -3.35. The van der Waals surface area contributed by atoms with Crippen LogP contribution in [-0.2, 0) is 19.3 Å². The van der Waals surface area contributed by atoms with Gasteiger partial charge in [0, 0.05) is 49.9 Å². The van der Waals surface area contributed by atoms with Crippen LogP contribution in [0, 0.1) is 0 Å². The molecule has 4 aromatic rings. The van der Waals surface area contributed by atoms with Crippen molar-refractivity contribution in [2.24, 2.45) is 4.99 Å². The molecule has 1 aromatic carbocycles. The average molecular weight is 404 g/mol. The first-order valence-corrected chi connectivity index (χ1v) is 10.6. The molecule has 0 aliphatic rings. The molecule has 0 amide bonds. The van der Waals surface area contributed by atoms with Gasteiger partial charge in [0.05, 0.1) is 0 Å². The van der Waals surface area contributed by atoms with E-state index in [1.165, 1.54) is 22.0 Å². The third kappa shape index (κ3) is 4.30. The van der Waals surface area contributed by atoms with Crippen molar-refractivity contribution in [1.29, 1.82) is 0 Å². The van der Waals surface area contributed by atoms with Crippen molar-refractivity contribution in [2.45, 2.75) is 32.6 Å². The second-order valence-electron chi connectivity index (χ2n) is 7.33. The first kappa shape index (κ1) is 19.9. The van der Waals surface area contributed by atoms with Crippen molar-refractivity contribution in [3.05, 3.63) is 65.7 Å². The smallest absolute Gasteiger partial charge is 0.190 e. The Labute approximate surface area is 176 Å². The predicted octanol–water partition coefficient (Wildman–Crippen LogP) is 3.11. The standard InChI is InChI=1S/C23H29N7/c1-3-17-8-6-9-19-18(16-27-22(17)19)12-14-26-23(24-2)25-13-7-11-21-29-28-20-10-4-5-15-30(20)21/h4-6,8-10,15-16,27H,3,7,11-14H2,1-2H3,(H2,24,25,26). The van der Waals surface area contributed by atoms with Crippen LogP contribution in [0.2, 0.25) is 0 Å². The minimum Gasteiger partial charge on any atom is -0.361 e. The number of hydrogen-bond donors (Lipinski definition) is 3. The predicted molar refractivity (Wildman–Crippen MR) is 122 cm³/mol. The fourth-order valence-electron chi connectivity index (χ4n) is 3.83. The molecule has 0 radical (unpaired) electrons. The summed E-state index contributed by atoms with van der Waals surface area (Å²) in [5.41, 5.74) is 4.85. The zero-order valence-corrected chi connectivity index (χ0v) is 17.7.